The van der Waals surface area contributed by atoms with Crippen molar-refractivity contribution in [3.05, 3.63) is 29.8 Å². The van der Waals surface area contributed by atoms with Crippen molar-refractivity contribution in [2.45, 2.75) is 32.2 Å². The number of hydrogen-bond donors (Lipinski definition) is 1. The number of rotatable bonds is 5. The predicted octanol–water partition coefficient (Wildman–Crippen LogP) is 1.97. The van der Waals surface area contributed by atoms with Crippen LogP contribution in [0.4, 0.5) is 5.69 Å². The molecule has 5 heteroatoms. The zero-order chi connectivity index (χ0) is 15.5. The lowest BCUT2D eigenvalue weighted by Crippen LogP contribution is -2.57. The van der Waals surface area contributed by atoms with Crippen molar-refractivity contribution in [3.8, 4) is 0 Å². The summed E-state index contributed by atoms with van der Waals surface area (Å²) in [7, 11) is 1.60. The van der Waals surface area contributed by atoms with E-state index in [1.165, 1.54) is 0 Å². The molecule has 2 rings (SSSR count). The Morgan fingerprint density at radius 3 is 2.48 bits per heavy atom. The van der Waals surface area contributed by atoms with Crippen LogP contribution < -0.4 is 10.2 Å². The van der Waals surface area contributed by atoms with Gasteiger partial charge in [-0.25, -0.2) is 0 Å². The first-order valence-electron chi connectivity index (χ1n) is 7.32. The van der Waals surface area contributed by atoms with Crippen molar-refractivity contribution >= 4 is 17.5 Å². The zero-order valence-corrected chi connectivity index (χ0v) is 12.8. The molecule has 1 aliphatic heterocycles. The van der Waals surface area contributed by atoms with Gasteiger partial charge in [-0.05, 0) is 25.0 Å². The Bertz CT molecular complexity index is 538. The monoisotopic (exact) mass is 290 g/mol. The average molecular weight is 290 g/mol. The number of amides is 2. The summed E-state index contributed by atoms with van der Waals surface area (Å²) in [6, 6.07) is 7.20. The summed E-state index contributed by atoms with van der Waals surface area (Å²) in [4.78, 5) is 27.2. The van der Waals surface area contributed by atoms with Gasteiger partial charge in [0.15, 0.2) is 0 Å². The molecule has 0 aromatic heterocycles. The molecule has 0 saturated heterocycles. The van der Waals surface area contributed by atoms with Gasteiger partial charge in [0.25, 0.3) is 11.8 Å². The second kappa shape index (κ2) is 6.26. The van der Waals surface area contributed by atoms with E-state index in [4.69, 9.17) is 4.74 Å². The molecule has 21 heavy (non-hydrogen) atoms. The van der Waals surface area contributed by atoms with Crippen LogP contribution in [0.1, 0.15) is 37.0 Å². The Balaban J connectivity index is 2.54. The van der Waals surface area contributed by atoms with Crippen LogP contribution >= 0.6 is 0 Å². The summed E-state index contributed by atoms with van der Waals surface area (Å²) < 4.78 is 5.11. The second-order valence-electron chi connectivity index (χ2n) is 5.21. The minimum absolute atomic E-state index is 0.0668. The fourth-order valence-corrected chi connectivity index (χ4v) is 2.74. The molecule has 0 bridgehead atoms. The molecule has 0 fully saturated rings. The number of hydrogen-bond acceptors (Lipinski definition) is 3. The predicted molar refractivity (Wildman–Crippen MR) is 81.5 cm³/mol. The van der Waals surface area contributed by atoms with Gasteiger partial charge in [0.05, 0.1) is 17.9 Å². The van der Waals surface area contributed by atoms with E-state index in [2.05, 4.69) is 5.32 Å². The van der Waals surface area contributed by atoms with Gasteiger partial charge in [-0.3, -0.25) is 9.59 Å². The number of ether oxygens (including phenoxy) is 1. The third-order valence-electron chi connectivity index (χ3n) is 4.17. The third-order valence-corrected chi connectivity index (χ3v) is 4.17. The Kier molecular flexibility index (Phi) is 4.63. The van der Waals surface area contributed by atoms with Crippen LogP contribution in [-0.4, -0.2) is 37.6 Å². The molecule has 1 aromatic rings. The van der Waals surface area contributed by atoms with Gasteiger partial charge < -0.3 is 15.0 Å². The van der Waals surface area contributed by atoms with Gasteiger partial charge in [0.2, 0.25) is 0 Å². The summed E-state index contributed by atoms with van der Waals surface area (Å²) in [6.07, 6.45) is 1.12. The van der Waals surface area contributed by atoms with E-state index in [1.807, 2.05) is 32.0 Å². The molecule has 0 aliphatic carbocycles. The van der Waals surface area contributed by atoms with Crippen LogP contribution in [0.15, 0.2) is 24.3 Å². The highest BCUT2D eigenvalue weighted by atomic mass is 16.5. The molecule has 2 amide bonds. The van der Waals surface area contributed by atoms with Crippen LogP contribution in [0, 0.1) is 0 Å². The van der Waals surface area contributed by atoms with Crippen LogP contribution in [0.2, 0.25) is 0 Å². The van der Waals surface area contributed by atoms with E-state index < -0.39 is 5.54 Å². The second-order valence-corrected chi connectivity index (χ2v) is 5.21. The number of nitrogens with one attached hydrogen (secondary N) is 1. The van der Waals surface area contributed by atoms with Gasteiger partial charge in [-0.2, -0.15) is 0 Å². The van der Waals surface area contributed by atoms with E-state index in [9.17, 15) is 9.59 Å². The van der Waals surface area contributed by atoms with Crippen LogP contribution in [0.3, 0.4) is 0 Å². The smallest absolute Gasteiger partial charge is 0.254 e. The van der Waals surface area contributed by atoms with Crippen molar-refractivity contribution < 1.29 is 14.3 Å². The summed E-state index contributed by atoms with van der Waals surface area (Å²) >= 11 is 0. The Morgan fingerprint density at radius 2 is 1.86 bits per heavy atom. The maximum absolute atomic E-state index is 13.0. The molecular formula is C16H22N2O3. The lowest BCUT2D eigenvalue weighted by Gasteiger charge is -2.33. The van der Waals surface area contributed by atoms with Crippen molar-refractivity contribution in [2.24, 2.45) is 0 Å². The zero-order valence-electron chi connectivity index (χ0n) is 12.8. The first-order chi connectivity index (χ1) is 10.1. The number of para-hydroxylation sites is 1. The van der Waals surface area contributed by atoms with E-state index in [0.717, 1.165) is 0 Å². The maximum Gasteiger partial charge on any atom is 0.254 e. The van der Waals surface area contributed by atoms with E-state index >= 15 is 0 Å². The topological polar surface area (TPSA) is 58.6 Å². The van der Waals surface area contributed by atoms with Crippen molar-refractivity contribution in [3.63, 3.8) is 0 Å². The molecular weight excluding hydrogens is 268 g/mol. The number of anilines is 1. The number of methoxy groups -OCH3 is 1. The Hall–Kier alpha value is -1.88. The van der Waals surface area contributed by atoms with Gasteiger partial charge >= 0.3 is 0 Å². The lowest BCUT2D eigenvalue weighted by molar-refractivity contribution is -0.125. The van der Waals surface area contributed by atoms with Gasteiger partial charge in [-0.1, -0.05) is 26.0 Å². The number of carbonyl (C=O) groups is 2. The van der Waals surface area contributed by atoms with Crippen molar-refractivity contribution in [1.29, 1.82) is 0 Å². The fourth-order valence-electron chi connectivity index (χ4n) is 2.74. The molecule has 1 aliphatic rings. The molecule has 0 saturated carbocycles. The molecule has 0 radical (unpaired) electrons. The first-order valence-corrected chi connectivity index (χ1v) is 7.32. The Morgan fingerprint density at radius 1 is 1.19 bits per heavy atom. The standard InChI is InChI=1S/C16H22N2O3/c1-4-16(5-2)15(20)18(10-11-21-3)13-9-7-6-8-12(13)14(19)17-16/h6-9H,4-5,10-11H2,1-3H3,(H,17,19). The number of carbonyl (C=O) groups excluding carboxylic acids is 2. The fraction of sp³-hybridized carbons (Fsp3) is 0.500. The lowest BCUT2D eigenvalue weighted by atomic mass is 9.91. The quantitative estimate of drug-likeness (QED) is 0.902. The third kappa shape index (κ3) is 2.65. The number of benzene rings is 1. The molecule has 0 atom stereocenters. The van der Waals surface area contributed by atoms with E-state index in [-0.39, 0.29) is 11.8 Å². The average Bonchev–Trinajstić information content (AvgIpc) is 2.61. The molecule has 1 N–H and O–H groups in total. The SMILES string of the molecule is CCC1(CC)NC(=O)c2ccccc2N(CCOC)C1=O. The molecule has 1 aromatic carbocycles. The molecule has 5 nitrogen and oxygen atoms in total. The summed E-state index contributed by atoms with van der Waals surface area (Å²) in [5, 5.41) is 2.93. The molecule has 114 valence electrons. The highest BCUT2D eigenvalue weighted by Gasteiger charge is 2.43. The van der Waals surface area contributed by atoms with Gasteiger partial charge in [0.1, 0.15) is 5.54 Å². The van der Waals surface area contributed by atoms with E-state index in [1.54, 1.807) is 18.1 Å². The Labute approximate surface area is 125 Å². The van der Waals surface area contributed by atoms with Crippen LogP contribution in [-0.2, 0) is 9.53 Å². The number of nitrogens with zero attached hydrogens (tertiary/aromatic N) is 1. The maximum atomic E-state index is 13.0. The highest BCUT2D eigenvalue weighted by molar-refractivity contribution is 6.12. The normalized spacial score (nSPS) is 17.2. The summed E-state index contributed by atoms with van der Waals surface area (Å²) in [6.45, 7) is 4.71. The molecule has 0 spiro atoms. The first kappa shape index (κ1) is 15.5. The largest absolute Gasteiger partial charge is 0.383 e. The minimum Gasteiger partial charge on any atom is -0.383 e. The summed E-state index contributed by atoms with van der Waals surface area (Å²) in [5.41, 5.74) is 0.343. The van der Waals surface area contributed by atoms with Crippen LogP contribution in [0.5, 0.6) is 0 Å². The number of fused-ring (bicyclic) bond motifs is 1. The van der Waals surface area contributed by atoms with Crippen molar-refractivity contribution in [1.82, 2.24) is 5.32 Å². The molecule has 0 unspecified atom stereocenters. The highest BCUT2D eigenvalue weighted by Crippen LogP contribution is 2.30. The van der Waals surface area contributed by atoms with Crippen LogP contribution in [0.25, 0.3) is 0 Å². The van der Waals surface area contributed by atoms with Crippen molar-refractivity contribution in [2.75, 3.05) is 25.2 Å². The van der Waals surface area contributed by atoms with Gasteiger partial charge in [0, 0.05) is 13.7 Å². The van der Waals surface area contributed by atoms with Gasteiger partial charge in [-0.15, -0.1) is 0 Å². The minimum atomic E-state index is -0.843. The molecule has 1 heterocycles. The van der Waals surface area contributed by atoms with E-state index in [0.29, 0.717) is 37.2 Å². The summed E-state index contributed by atoms with van der Waals surface area (Å²) in [5.74, 6) is -0.259.